The zero-order valence-electron chi connectivity index (χ0n) is 28.1. The largest absolute Gasteiger partial charge is 0.508 e. The number of hydrazine groups is 1. The number of aryl methyl sites for hydroxylation is 1. The van der Waals surface area contributed by atoms with Crippen molar-refractivity contribution in [2.45, 2.75) is 37.5 Å². The van der Waals surface area contributed by atoms with Crippen molar-refractivity contribution in [1.82, 2.24) is 9.91 Å². The normalized spacial score (nSPS) is 26.6. The first-order valence-electron chi connectivity index (χ1n) is 17.3. The fraction of sp³-hybridized carbons (Fsp3) is 0.268. The van der Waals surface area contributed by atoms with Gasteiger partial charge in [-0.05, 0) is 109 Å². The quantitative estimate of drug-likeness (QED) is 0.149. The van der Waals surface area contributed by atoms with Crippen molar-refractivity contribution in [2.24, 2.45) is 23.7 Å². The fourth-order valence-electron chi connectivity index (χ4n) is 9.08. The molecule has 4 aliphatic rings. The van der Waals surface area contributed by atoms with Crippen LogP contribution in [0.1, 0.15) is 41.0 Å². The van der Waals surface area contributed by atoms with Gasteiger partial charge in [-0.25, -0.2) is 4.39 Å². The minimum absolute atomic E-state index is 0.0696. The van der Waals surface area contributed by atoms with Gasteiger partial charge in [0.1, 0.15) is 17.3 Å². The van der Waals surface area contributed by atoms with Crippen molar-refractivity contribution < 1.29 is 33.8 Å². The van der Waals surface area contributed by atoms with Crippen LogP contribution in [0.2, 0.25) is 5.02 Å². The number of halogens is 2. The van der Waals surface area contributed by atoms with Gasteiger partial charge < -0.3 is 10.2 Å². The Labute approximate surface area is 304 Å². The summed E-state index contributed by atoms with van der Waals surface area (Å²) in [5.74, 6) is -5.50. The molecule has 3 N–H and O–H groups in total. The van der Waals surface area contributed by atoms with Gasteiger partial charge in [0.15, 0.2) is 0 Å². The highest BCUT2D eigenvalue weighted by Crippen LogP contribution is 2.64. The Morgan fingerprint density at radius 3 is 2.27 bits per heavy atom. The van der Waals surface area contributed by atoms with Crippen molar-refractivity contribution in [3.05, 3.63) is 136 Å². The van der Waals surface area contributed by atoms with Crippen LogP contribution in [0.3, 0.4) is 0 Å². The van der Waals surface area contributed by atoms with Gasteiger partial charge in [0.05, 0.1) is 28.9 Å². The number of aromatic hydroxyl groups is 2. The number of benzene rings is 4. The number of allylic oxidation sites excluding steroid dienone is 2. The summed E-state index contributed by atoms with van der Waals surface area (Å²) in [4.78, 5) is 59.5. The molecule has 4 amide bonds. The summed E-state index contributed by atoms with van der Waals surface area (Å²) >= 11 is 6.35. The minimum Gasteiger partial charge on any atom is -0.508 e. The Morgan fingerprint density at radius 1 is 0.865 bits per heavy atom. The van der Waals surface area contributed by atoms with E-state index in [0.717, 1.165) is 16.1 Å². The zero-order valence-corrected chi connectivity index (χ0v) is 28.9. The third-order valence-corrected chi connectivity index (χ3v) is 11.7. The maximum absolute atomic E-state index is 15.2. The van der Waals surface area contributed by atoms with Gasteiger partial charge in [-0.3, -0.25) is 29.5 Å². The van der Waals surface area contributed by atoms with E-state index in [2.05, 4.69) is 5.43 Å². The standard InChI is InChI=1S/C41H35ClFN3O6/c1-22-20-24(4-17-34(22)48)36-30-15-16-31-35(39(51)45(37(31)49)19-18-23-2-13-29(47)14-3-23)32(30)21-33-38(50)46(44-28-11-9-27(43)10-12-28)40(52)41(33,36)25-5-7-26(42)8-6-25/h2-15,17,20,31-33,35-36,44,47-48H,16,18-19,21H2,1H3. The first-order chi connectivity index (χ1) is 25.0. The molecule has 3 fully saturated rings. The number of likely N-dealkylation sites (tertiary alicyclic amines) is 1. The lowest BCUT2D eigenvalue weighted by Gasteiger charge is -2.50. The summed E-state index contributed by atoms with van der Waals surface area (Å²) < 4.78 is 13.8. The Bertz CT molecular complexity index is 2150. The van der Waals surface area contributed by atoms with Crippen LogP contribution < -0.4 is 5.43 Å². The van der Waals surface area contributed by atoms with E-state index in [0.29, 0.717) is 33.8 Å². The number of phenols is 2. The van der Waals surface area contributed by atoms with Gasteiger partial charge in [0.2, 0.25) is 11.8 Å². The molecule has 4 aromatic carbocycles. The molecule has 6 unspecified atom stereocenters. The molecule has 6 atom stereocenters. The lowest BCUT2D eigenvalue weighted by Crippen LogP contribution is -2.53. The number of anilines is 1. The Hall–Kier alpha value is -5.48. The molecule has 2 heterocycles. The predicted molar refractivity (Wildman–Crippen MR) is 190 cm³/mol. The van der Waals surface area contributed by atoms with Crippen LogP contribution in [0, 0.1) is 36.4 Å². The lowest BCUT2D eigenvalue weighted by molar-refractivity contribution is -0.141. The van der Waals surface area contributed by atoms with Gasteiger partial charge in [0.25, 0.3) is 11.8 Å². The molecule has 0 bridgehead atoms. The van der Waals surface area contributed by atoms with Crippen LogP contribution in [-0.4, -0.2) is 50.3 Å². The maximum atomic E-state index is 15.2. The van der Waals surface area contributed by atoms with E-state index in [9.17, 15) is 29.0 Å². The summed E-state index contributed by atoms with van der Waals surface area (Å²) in [5.41, 5.74) is 5.25. The summed E-state index contributed by atoms with van der Waals surface area (Å²) in [6.07, 6.45) is 2.80. The second-order valence-electron chi connectivity index (χ2n) is 14.2. The van der Waals surface area contributed by atoms with Crippen LogP contribution in [0.4, 0.5) is 10.1 Å². The molecule has 9 nitrogen and oxygen atoms in total. The molecular weight excluding hydrogens is 685 g/mol. The van der Waals surface area contributed by atoms with E-state index in [-0.39, 0.29) is 42.7 Å². The lowest BCUT2D eigenvalue weighted by atomic mass is 9.49. The average molecular weight is 720 g/mol. The summed E-state index contributed by atoms with van der Waals surface area (Å²) in [6, 6.07) is 24.0. The van der Waals surface area contributed by atoms with Crippen LogP contribution in [0.15, 0.2) is 103 Å². The van der Waals surface area contributed by atoms with Crippen LogP contribution >= 0.6 is 11.6 Å². The van der Waals surface area contributed by atoms with Gasteiger partial charge in [-0.1, -0.05) is 59.6 Å². The highest BCUT2D eigenvalue weighted by Gasteiger charge is 2.70. The van der Waals surface area contributed by atoms with E-state index in [1.54, 1.807) is 67.6 Å². The Kier molecular flexibility index (Phi) is 8.17. The van der Waals surface area contributed by atoms with Gasteiger partial charge in [-0.2, -0.15) is 5.01 Å². The highest BCUT2D eigenvalue weighted by molar-refractivity contribution is 6.30. The zero-order chi connectivity index (χ0) is 36.5. The maximum Gasteiger partial charge on any atom is 0.260 e. The smallest absolute Gasteiger partial charge is 0.260 e. The summed E-state index contributed by atoms with van der Waals surface area (Å²) in [7, 11) is 0. The van der Waals surface area contributed by atoms with E-state index < -0.39 is 52.6 Å². The molecule has 8 rings (SSSR count). The molecule has 2 aliphatic heterocycles. The van der Waals surface area contributed by atoms with E-state index >= 15 is 4.79 Å². The SMILES string of the molecule is Cc1cc(C2C3=CCC4C(=O)N(CCc5ccc(O)cc5)C(=O)C4C3CC3C(=O)N(Nc4ccc(F)cc4)C(=O)C32c2ccc(Cl)cc2)ccc1O. The number of fused-ring (bicyclic) bond motifs is 4. The van der Waals surface area contributed by atoms with Crippen molar-refractivity contribution >= 4 is 40.9 Å². The molecule has 0 spiro atoms. The van der Waals surface area contributed by atoms with Crippen molar-refractivity contribution in [3.63, 3.8) is 0 Å². The number of nitrogens with one attached hydrogen (secondary N) is 1. The first kappa shape index (κ1) is 33.7. The Balaban J connectivity index is 1.26. The monoisotopic (exact) mass is 719 g/mol. The molecule has 11 heteroatoms. The van der Waals surface area contributed by atoms with Crippen molar-refractivity contribution in [1.29, 1.82) is 0 Å². The van der Waals surface area contributed by atoms with E-state index in [1.165, 1.54) is 29.2 Å². The highest BCUT2D eigenvalue weighted by atomic mass is 35.5. The molecule has 2 aliphatic carbocycles. The predicted octanol–water partition coefficient (Wildman–Crippen LogP) is 6.43. The number of rotatable bonds is 7. The topological polar surface area (TPSA) is 127 Å². The van der Waals surface area contributed by atoms with Crippen LogP contribution in [0.25, 0.3) is 0 Å². The Morgan fingerprint density at radius 2 is 1.58 bits per heavy atom. The number of nitrogens with zero attached hydrogens (tertiary/aromatic N) is 2. The number of hydrogen-bond donors (Lipinski definition) is 3. The molecule has 2 saturated heterocycles. The van der Waals surface area contributed by atoms with E-state index in [4.69, 9.17) is 11.6 Å². The number of imide groups is 2. The molecule has 4 aromatic rings. The number of hydrogen-bond acceptors (Lipinski definition) is 7. The van der Waals surface area contributed by atoms with E-state index in [1.807, 2.05) is 12.1 Å². The molecule has 52 heavy (non-hydrogen) atoms. The molecular formula is C41H35ClFN3O6. The molecule has 0 aromatic heterocycles. The molecule has 1 saturated carbocycles. The van der Waals surface area contributed by atoms with Gasteiger partial charge >= 0.3 is 0 Å². The van der Waals surface area contributed by atoms with Crippen LogP contribution in [0.5, 0.6) is 11.5 Å². The molecule has 0 radical (unpaired) electrons. The van der Waals surface area contributed by atoms with Crippen molar-refractivity contribution in [3.8, 4) is 11.5 Å². The second-order valence-corrected chi connectivity index (χ2v) is 14.6. The number of amides is 4. The third-order valence-electron chi connectivity index (χ3n) is 11.5. The van der Waals surface area contributed by atoms with Gasteiger partial charge in [-0.15, -0.1) is 0 Å². The molecule has 264 valence electrons. The number of carbonyl (C=O) groups excluding carboxylic acids is 4. The van der Waals surface area contributed by atoms with Crippen LogP contribution in [-0.2, 0) is 31.0 Å². The summed E-state index contributed by atoms with van der Waals surface area (Å²) in [6.45, 7) is 1.93. The second kappa shape index (κ2) is 12.6. The third kappa shape index (κ3) is 5.19. The summed E-state index contributed by atoms with van der Waals surface area (Å²) in [5, 5.41) is 21.7. The first-order valence-corrected chi connectivity index (χ1v) is 17.7. The number of phenolic OH excluding ortho intramolecular Hbond substituents is 2. The average Bonchev–Trinajstić information content (AvgIpc) is 3.50. The number of carbonyl (C=O) groups is 4. The van der Waals surface area contributed by atoms with Crippen molar-refractivity contribution in [2.75, 3.05) is 12.0 Å². The minimum atomic E-state index is -1.50. The fourth-order valence-corrected chi connectivity index (χ4v) is 9.20. The van der Waals surface area contributed by atoms with Gasteiger partial charge in [0, 0.05) is 17.5 Å².